The minimum absolute atomic E-state index is 0.578. The van der Waals surface area contributed by atoms with E-state index in [9.17, 15) is 0 Å². The number of rotatable bonds is 3. The first-order valence-corrected chi connectivity index (χ1v) is 5.51. The molecule has 1 aromatic rings. The lowest BCUT2D eigenvalue weighted by molar-refractivity contribution is 0.134. The molecule has 2 nitrogen and oxygen atoms in total. The summed E-state index contributed by atoms with van der Waals surface area (Å²) < 4.78 is 0. The maximum Gasteiger partial charge on any atom is 0.0927 e. The Labute approximate surface area is 91.1 Å². The van der Waals surface area contributed by atoms with Crippen molar-refractivity contribution in [2.75, 3.05) is 18.2 Å². The zero-order valence-electron chi connectivity index (χ0n) is 8.98. The van der Waals surface area contributed by atoms with E-state index in [0.29, 0.717) is 6.61 Å². The normalized spacial score (nSPS) is 15.6. The van der Waals surface area contributed by atoms with Crippen molar-refractivity contribution in [3.05, 3.63) is 42.5 Å². The zero-order chi connectivity index (χ0) is 10.5. The van der Waals surface area contributed by atoms with Gasteiger partial charge in [-0.1, -0.05) is 24.3 Å². The lowest BCUT2D eigenvalue weighted by atomic mass is 10.1. The Balaban J connectivity index is 2.20. The largest absolute Gasteiger partial charge is 0.269 e. The van der Waals surface area contributed by atoms with Gasteiger partial charge in [0.05, 0.1) is 12.3 Å². The number of benzene rings is 1. The molecule has 0 radical (unpaired) electrons. The quantitative estimate of drug-likeness (QED) is 0.700. The molecule has 0 saturated carbocycles. The third kappa shape index (κ3) is 2.39. The van der Waals surface area contributed by atoms with Gasteiger partial charge in [-0.3, -0.25) is 9.90 Å². The van der Waals surface area contributed by atoms with E-state index in [1.54, 1.807) is 6.08 Å². The van der Waals surface area contributed by atoms with E-state index in [1.807, 2.05) is 5.06 Å². The van der Waals surface area contributed by atoms with Gasteiger partial charge < -0.3 is 0 Å². The number of hydrogen-bond donors (Lipinski definition) is 0. The first-order chi connectivity index (χ1) is 7.42. The van der Waals surface area contributed by atoms with E-state index in [0.717, 1.165) is 13.0 Å². The summed E-state index contributed by atoms with van der Waals surface area (Å²) in [6.45, 7) is 5.23. The van der Waals surface area contributed by atoms with Crippen molar-refractivity contribution in [3.63, 3.8) is 0 Å². The molecule has 1 aromatic carbocycles. The Morgan fingerprint density at radius 2 is 2.20 bits per heavy atom. The van der Waals surface area contributed by atoms with Gasteiger partial charge in [0, 0.05) is 6.54 Å². The zero-order valence-corrected chi connectivity index (χ0v) is 8.98. The van der Waals surface area contributed by atoms with Crippen LogP contribution in [-0.4, -0.2) is 13.2 Å². The number of fused-ring (bicyclic) bond motifs is 1. The second-order valence-electron chi connectivity index (χ2n) is 3.77. The summed E-state index contributed by atoms with van der Waals surface area (Å²) in [7, 11) is 0. The lowest BCUT2D eigenvalue weighted by Gasteiger charge is -2.23. The molecule has 1 heterocycles. The second-order valence-corrected chi connectivity index (χ2v) is 3.77. The molecule has 1 aliphatic rings. The van der Waals surface area contributed by atoms with E-state index in [2.05, 4.69) is 30.8 Å². The molecular weight excluding hydrogens is 186 g/mol. The van der Waals surface area contributed by atoms with Crippen LogP contribution in [0.1, 0.15) is 18.4 Å². The Morgan fingerprint density at radius 1 is 1.33 bits per heavy atom. The highest BCUT2D eigenvalue weighted by atomic mass is 16.7. The van der Waals surface area contributed by atoms with Gasteiger partial charge in [-0.25, -0.2) is 0 Å². The topological polar surface area (TPSA) is 12.5 Å². The third-order valence-electron chi connectivity index (χ3n) is 2.67. The monoisotopic (exact) mass is 203 g/mol. The van der Waals surface area contributed by atoms with Crippen molar-refractivity contribution in [3.8, 4) is 0 Å². The van der Waals surface area contributed by atoms with Crippen LogP contribution in [0.3, 0.4) is 0 Å². The molecule has 0 spiro atoms. The third-order valence-corrected chi connectivity index (χ3v) is 2.67. The first kappa shape index (κ1) is 10.2. The van der Waals surface area contributed by atoms with Crippen LogP contribution in [0.25, 0.3) is 0 Å². The standard InChI is InChI=1S/C13H17NO/c1-2-11-15-14-10-6-5-8-12-7-3-4-9-13(12)14/h2-4,7,9H,1,5-6,8,10-11H2. The highest BCUT2D eigenvalue weighted by molar-refractivity contribution is 5.52. The van der Waals surface area contributed by atoms with Crippen molar-refractivity contribution in [1.29, 1.82) is 0 Å². The van der Waals surface area contributed by atoms with E-state index in [4.69, 9.17) is 4.84 Å². The minimum atomic E-state index is 0.578. The number of hydrogen-bond acceptors (Lipinski definition) is 2. The number of hydroxylamine groups is 1. The maximum atomic E-state index is 5.65. The van der Waals surface area contributed by atoms with Crippen LogP contribution in [0.4, 0.5) is 5.69 Å². The molecule has 1 aliphatic heterocycles. The molecule has 2 rings (SSSR count). The van der Waals surface area contributed by atoms with Gasteiger partial charge in [0.25, 0.3) is 0 Å². The number of aryl methyl sites for hydroxylation is 1. The SMILES string of the molecule is C=CCON1CCCCc2ccccc21. The average Bonchev–Trinajstić information content (AvgIpc) is 2.49. The van der Waals surface area contributed by atoms with Gasteiger partial charge in [-0.15, -0.1) is 6.58 Å². The molecule has 0 unspecified atom stereocenters. The van der Waals surface area contributed by atoms with Crippen LogP contribution < -0.4 is 5.06 Å². The summed E-state index contributed by atoms with van der Waals surface area (Å²) in [6.07, 6.45) is 5.37. The van der Waals surface area contributed by atoms with Gasteiger partial charge in [0.2, 0.25) is 0 Å². The van der Waals surface area contributed by atoms with Crippen LogP contribution >= 0.6 is 0 Å². The molecule has 0 N–H and O–H groups in total. The molecule has 0 aliphatic carbocycles. The smallest absolute Gasteiger partial charge is 0.0927 e. The number of anilines is 1. The second kappa shape index (κ2) is 4.99. The van der Waals surface area contributed by atoms with Gasteiger partial charge in [-0.05, 0) is 30.9 Å². The maximum absolute atomic E-state index is 5.65. The van der Waals surface area contributed by atoms with Crippen molar-refractivity contribution in [2.24, 2.45) is 0 Å². The van der Waals surface area contributed by atoms with Crippen molar-refractivity contribution < 1.29 is 4.84 Å². The molecule has 0 atom stereocenters. The van der Waals surface area contributed by atoms with Gasteiger partial charge >= 0.3 is 0 Å². The minimum Gasteiger partial charge on any atom is -0.269 e. The predicted octanol–water partition coefficient (Wildman–Crippen LogP) is 2.95. The molecule has 0 aromatic heterocycles. The Bertz CT molecular complexity index is 335. The molecule has 15 heavy (non-hydrogen) atoms. The molecule has 2 heteroatoms. The fraction of sp³-hybridized carbons (Fsp3) is 0.385. The van der Waals surface area contributed by atoms with Crippen LogP contribution in [0, 0.1) is 0 Å². The van der Waals surface area contributed by atoms with Gasteiger partial charge in [0.1, 0.15) is 0 Å². The highest BCUT2D eigenvalue weighted by Gasteiger charge is 2.14. The van der Waals surface area contributed by atoms with Crippen molar-refractivity contribution in [2.45, 2.75) is 19.3 Å². The Hall–Kier alpha value is -1.28. The average molecular weight is 203 g/mol. The Kier molecular flexibility index (Phi) is 3.41. The lowest BCUT2D eigenvalue weighted by Crippen LogP contribution is -2.24. The highest BCUT2D eigenvalue weighted by Crippen LogP contribution is 2.25. The summed E-state index contributed by atoms with van der Waals surface area (Å²) in [4.78, 5) is 5.65. The molecule has 0 fully saturated rings. The van der Waals surface area contributed by atoms with E-state index < -0.39 is 0 Å². The summed E-state index contributed by atoms with van der Waals surface area (Å²) in [5.74, 6) is 0. The summed E-state index contributed by atoms with van der Waals surface area (Å²) in [5, 5.41) is 2.00. The summed E-state index contributed by atoms with van der Waals surface area (Å²) in [5.41, 5.74) is 2.61. The summed E-state index contributed by atoms with van der Waals surface area (Å²) in [6, 6.07) is 8.47. The first-order valence-electron chi connectivity index (χ1n) is 5.51. The molecule has 0 amide bonds. The van der Waals surface area contributed by atoms with Gasteiger partial charge in [-0.2, -0.15) is 0 Å². The van der Waals surface area contributed by atoms with Gasteiger partial charge in [0.15, 0.2) is 0 Å². The van der Waals surface area contributed by atoms with Crippen LogP contribution in [0.15, 0.2) is 36.9 Å². The number of para-hydroxylation sites is 1. The fourth-order valence-electron chi connectivity index (χ4n) is 1.93. The molecular formula is C13H17NO. The fourth-order valence-corrected chi connectivity index (χ4v) is 1.93. The van der Waals surface area contributed by atoms with Crippen molar-refractivity contribution >= 4 is 5.69 Å². The number of nitrogens with zero attached hydrogens (tertiary/aromatic N) is 1. The molecule has 0 saturated heterocycles. The molecule has 0 bridgehead atoms. The van der Waals surface area contributed by atoms with Crippen LogP contribution in [0.2, 0.25) is 0 Å². The Morgan fingerprint density at radius 3 is 3.07 bits per heavy atom. The predicted molar refractivity (Wildman–Crippen MR) is 62.9 cm³/mol. The van der Waals surface area contributed by atoms with Crippen molar-refractivity contribution in [1.82, 2.24) is 0 Å². The van der Waals surface area contributed by atoms with Crippen LogP contribution in [0.5, 0.6) is 0 Å². The van der Waals surface area contributed by atoms with E-state index in [1.165, 1.54) is 24.1 Å². The van der Waals surface area contributed by atoms with Crippen LogP contribution in [-0.2, 0) is 11.3 Å². The van der Waals surface area contributed by atoms with E-state index >= 15 is 0 Å². The van der Waals surface area contributed by atoms with E-state index in [-0.39, 0.29) is 0 Å². The summed E-state index contributed by atoms with van der Waals surface area (Å²) >= 11 is 0. The molecule has 80 valence electrons.